The third-order valence-corrected chi connectivity index (χ3v) is 6.13. The summed E-state index contributed by atoms with van der Waals surface area (Å²) in [5, 5.41) is 0. The van der Waals surface area contributed by atoms with Crippen molar-refractivity contribution in [1.29, 1.82) is 0 Å². The van der Waals surface area contributed by atoms with Gasteiger partial charge in [0.05, 0.1) is 0 Å². The number of halogens is 2. The van der Waals surface area contributed by atoms with Crippen LogP contribution in [-0.2, 0) is 20.0 Å². The minimum absolute atomic E-state index is 0.0314. The molecule has 1 saturated carbocycles. The standard InChI is InChI=1S/C24H28F2N4O/c1-4-5-20(30-11-9-19-18(14-30)12-17(13-28-19)23(25)26)15(2)22(16-6-7-16)24-27-10-8-21(31)29(24)3/h5,8,10,12-13,16,23H,4,6-7,9,11,14H2,1-3H3/b20-5-,22-15-. The van der Waals surface area contributed by atoms with Crippen molar-refractivity contribution in [3.8, 4) is 0 Å². The number of hydrogen-bond donors (Lipinski definition) is 0. The molecule has 3 heterocycles. The van der Waals surface area contributed by atoms with Crippen molar-refractivity contribution in [2.75, 3.05) is 6.54 Å². The molecule has 31 heavy (non-hydrogen) atoms. The summed E-state index contributed by atoms with van der Waals surface area (Å²) in [6.07, 6.45) is 6.27. The number of fused-ring (bicyclic) bond motifs is 1. The molecule has 0 saturated heterocycles. The SMILES string of the molecule is CC/C=C(/C(C)=C(\c1nccc(=O)n1C)C1CC1)N1CCc2ncc(C(F)F)cc2C1. The van der Waals surface area contributed by atoms with Crippen LogP contribution in [0.25, 0.3) is 5.57 Å². The molecule has 1 aliphatic heterocycles. The number of hydrogen-bond acceptors (Lipinski definition) is 4. The summed E-state index contributed by atoms with van der Waals surface area (Å²) in [5.41, 5.74) is 4.97. The van der Waals surface area contributed by atoms with Gasteiger partial charge in [0.15, 0.2) is 0 Å². The van der Waals surface area contributed by atoms with Gasteiger partial charge in [0.25, 0.3) is 12.0 Å². The minimum Gasteiger partial charge on any atom is -0.367 e. The predicted molar refractivity (Wildman–Crippen MR) is 116 cm³/mol. The molecular weight excluding hydrogens is 398 g/mol. The molecule has 7 heteroatoms. The molecule has 0 radical (unpaired) electrons. The van der Waals surface area contributed by atoms with Gasteiger partial charge < -0.3 is 4.90 Å². The van der Waals surface area contributed by atoms with Gasteiger partial charge in [0.2, 0.25) is 0 Å². The van der Waals surface area contributed by atoms with Crippen molar-refractivity contribution < 1.29 is 8.78 Å². The van der Waals surface area contributed by atoms with E-state index in [1.807, 2.05) is 0 Å². The molecule has 2 aromatic heterocycles. The van der Waals surface area contributed by atoms with E-state index in [9.17, 15) is 13.6 Å². The Hall–Kier alpha value is -2.83. The largest absolute Gasteiger partial charge is 0.367 e. The van der Waals surface area contributed by atoms with E-state index in [1.165, 1.54) is 12.3 Å². The van der Waals surface area contributed by atoms with Crippen LogP contribution < -0.4 is 5.56 Å². The lowest BCUT2D eigenvalue weighted by molar-refractivity contribution is 0.150. The molecule has 164 valence electrons. The van der Waals surface area contributed by atoms with E-state index >= 15 is 0 Å². The maximum Gasteiger partial charge on any atom is 0.265 e. The minimum atomic E-state index is -2.52. The van der Waals surface area contributed by atoms with Crippen molar-refractivity contribution in [2.24, 2.45) is 13.0 Å². The molecule has 2 aliphatic rings. The average Bonchev–Trinajstić information content (AvgIpc) is 3.59. The third-order valence-electron chi connectivity index (χ3n) is 6.13. The second-order valence-electron chi connectivity index (χ2n) is 8.32. The fraction of sp³-hybridized carbons (Fsp3) is 0.458. The smallest absolute Gasteiger partial charge is 0.265 e. The molecule has 4 rings (SSSR count). The summed E-state index contributed by atoms with van der Waals surface area (Å²) in [7, 11) is 1.76. The second-order valence-corrected chi connectivity index (χ2v) is 8.32. The van der Waals surface area contributed by atoms with E-state index in [2.05, 4.69) is 34.8 Å². The van der Waals surface area contributed by atoms with Crippen LogP contribution in [0.15, 0.2) is 46.7 Å². The highest BCUT2D eigenvalue weighted by molar-refractivity contribution is 5.71. The highest BCUT2D eigenvalue weighted by atomic mass is 19.3. The quantitative estimate of drug-likeness (QED) is 0.631. The number of aromatic nitrogens is 3. The van der Waals surface area contributed by atoms with Crippen molar-refractivity contribution in [2.45, 2.75) is 52.5 Å². The van der Waals surface area contributed by atoms with Crippen LogP contribution in [0, 0.1) is 5.92 Å². The van der Waals surface area contributed by atoms with Crippen LogP contribution in [-0.4, -0.2) is 26.0 Å². The van der Waals surface area contributed by atoms with Crippen LogP contribution in [0.2, 0.25) is 0 Å². The highest BCUT2D eigenvalue weighted by Crippen LogP contribution is 2.44. The predicted octanol–water partition coefficient (Wildman–Crippen LogP) is 4.65. The average molecular weight is 427 g/mol. The Morgan fingerprint density at radius 2 is 2.10 bits per heavy atom. The summed E-state index contributed by atoms with van der Waals surface area (Å²) >= 11 is 0. The molecular formula is C24H28F2N4O. The maximum absolute atomic E-state index is 13.2. The van der Waals surface area contributed by atoms with E-state index in [-0.39, 0.29) is 11.1 Å². The molecule has 0 spiro atoms. The summed E-state index contributed by atoms with van der Waals surface area (Å²) in [6, 6.07) is 3.06. The maximum atomic E-state index is 13.2. The Bertz CT molecular complexity index is 1100. The van der Waals surface area contributed by atoms with Crippen LogP contribution in [0.3, 0.4) is 0 Å². The number of nitrogens with zero attached hydrogens (tertiary/aromatic N) is 4. The summed E-state index contributed by atoms with van der Waals surface area (Å²) < 4.78 is 28.0. The van der Waals surface area contributed by atoms with Crippen LogP contribution in [0.4, 0.5) is 8.78 Å². The molecule has 0 amide bonds. The van der Waals surface area contributed by atoms with E-state index in [0.29, 0.717) is 24.7 Å². The Morgan fingerprint density at radius 3 is 2.77 bits per heavy atom. The molecule has 0 N–H and O–H groups in total. The van der Waals surface area contributed by atoms with Gasteiger partial charge in [-0.1, -0.05) is 13.0 Å². The molecule has 5 nitrogen and oxygen atoms in total. The fourth-order valence-electron chi connectivity index (χ4n) is 4.37. The summed E-state index contributed by atoms with van der Waals surface area (Å²) in [6.45, 7) is 5.51. The third kappa shape index (κ3) is 4.31. The number of alkyl halides is 2. The Morgan fingerprint density at radius 1 is 1.32 bits per heavy atom. The Kier molecular flexibility index (Phi) is 6.03. The lowest BCUT2D eigenvalue weighted by Gasteiger charge is -2.34. The normalized spacial score (nSPS) is 17.6. The first-order valence-electron chi connectivity index (χ1n) is 10.8. The zero-order valence-corrected chi connectivity index (χ0v) is 18.2. The molecule has 0 unspecified atom stereocenters. The zero-order valence-electron chi connectivity index (χ0n) is 18.2. The van der Waals surface area contributed by atoms with Gasteiger partial charge in [-0.15, -0.1) is 0 Å². The van der Waals surface area contributed by atoms with Gasteiger partial charge >= 0.3 is 0 Å². The molecule has 1 aliphatic carbocycles. The lowest BCUT2D eigenvalue weighted by atomic mass is 9.97. The zero-order chi connectivity index (χ0) is 22.1. The van der Waals surface area contributed by atoms with E-state index < -0.39 is 6.43 Å². The van der Waals surface area contributed by atoms with Gasteiger partial charge in [0, 0.05) is 67.5 Å². The molecule has 2 aromatic rings. The van der Waals surface area contributed by atoms with Gasteiger partial charge in [-0.2, -0.15) is 0 Å². The Labute approximate surface area is 181 Å². The lowest BCUT2D eigenvalue weighted by Crippen LogP contribution is -2.31. The number of rotatable bonds is 6. The molecule has 0 bridgehead atoms. The second kappa shape index (κ2) is 8.73. The first kappa shape index (κ1) is 21.4. The Balaban J connectivity index is 1.75. The first-order valence-corrected chi connectivity index (χ1v) is 10.8. The van der Waals surface area contributed by atoms with Gasteiger partial charge in [-0.3, -0.25) is 14.3 Å². The summed E-state index contributed by atoms with van der Waals surface area (Å²) in [4.78, 5) is 23.3. The van der Waals surface area contributed by atoms with E-state index in [0.717, 1.165) is 53.9 Å². The van der Waals surface area contributed by atoms with Crippen molar-refractivity contribution in [3.63, 3.8) is 0 Å². The van der Waals surface area contributed by atoms with Crippen molar-refractivity contribution in [3.05, 3.63) is 74.9 Å². The van der Waals surface area contributed by atoms with Gasteiger partial charge in [-0.05, 0) is 49.3 Å². The van der Waals surface area contributed by atoms with E-state index in [1.54, 1.807) is 23.9 Å². The molecule has 0 atom stereocenters. The van der Waals surface area contributed by atoms with Crippen LogP contribution in [0.1, 0.15) is 62.2 Å². The van der Waals surface area contributed by atoms with Gasteiger partial charge in [-0.25, -0.2) is 13.8 Å². The van der Waals surface area contributed by atoms with Crippen LogP contribution in [0.5, 0.6) is 0 Å². The summed E-state index contributed by atoms with van der Waals surface area (Å²) in [5.74, 6) is 1.11. The molecule has 0 aromatic carbocycles. The topological polar surface area (TPSA) is 51.0 Å². The highest BCUT2D eigenvalue weighted by Gasteiger charge is 2.33. The van der Waals surface area contributed by atoms with Crippen molar-refractivity contribution >= 4 is 5.57 Å². The molecule has 1 fully saturated rings. The number of allylic oxidation sites excluding steroid dienone is 3. The monoisotopic (exact) mass is 426 g/mol. The van der Waals surface area contributed by atoms with E-state index in [4.69, 9.17) is 0 Å². The van der Waals surface area contributed by atoms with Crippen molar-refractivity contribution in [1.82, 2.24) is 19.4 Å². The van der Waals surface area contributed by atoms with Crippen LogP contribution >= 0.6 is 0 Å². The number of pyridine rings is 1. The van der Waals surface area contributed by atoms with Gasteiger partial charge in [0.1, 0.15) is 5.82 Å². The fourth-order valence-corrected chi connectivity index (χ4v) is 4.37. The first-order chi connectivity index (χ1) is 14.9.